The van der Waals surface area contributed by atoms with Gasteiger partial charge in [-0.3, -0.25) is 9.78 Å². The van der Waals surface area contributed by atoms with Crippen molar-refractivity contribution in [2.45, 2.75) is 0 Å². The maximum absolute atomic E-state index is 12.4. The summed E-state index contributed by atoms with van der Waals surface area (Å²) in [6, 6.07) is 12.7. The first-order valence-electron chi connectivity index (χ1n) is 7.48. The number of carbonyl (C=O) groups is 1. The van der Waals surface area contributed by atoms with Crippen LogP contribution in [0.3, 0.4) is 0 Å². The van der Waals surface area contributed by atoms with Gasteiger partial charge in [-0.2, -0.15) is 0 Å². The van der Waals surface area contributed by atoms with Crippen LogP contribution in [0.2, 0.25) is 0 Å². The molecule has 0 aliphatic carbocycles. The van der Waals surface area contributed by atoms with E-state index in [0.717, 1.165) is 16.1 Å². The van der Waals surface area contributed by atoms with Crippen molar-refractivity contribution < 1.29 is 9.32 Å². The van der Waals surface area contributed by atoms with Gasteiger partial charge in [0.15, 0.2) is 11.5 Å². The third kappa shape index (κ3) is 3.31. The van der Waals surface area contributed by atoms with E-state index in [1.165, 1.54) is 0 Å². The number of anilines is 1. The van der Waals surface area contributed by atoms with Gasteiger partial charge >= 0.3 is 0 Å². The molecule has 4 aromatic rings. The van der Waals surface area contributed by atoms with E-state index in [-0.39, 0.29) is 11.6 Å². The maximum Gasteiger partial charge on any atom is 0.277 e. The smallest absolute Gasteiger partial charge is 0.277 e. The highest BCUT2D eigenvalue weighted by Crippen LogP contribution is 2.25. The average Bonchev–Trinajstić information content (AvgIpc) is 3.35. The molecule has 0 fully saturated rings. The fraction of sp³-hybridized carbons (Fsp3) is 0. The second kappa shape index (κ2) is 6.66. The molecule has 0 aliphatic rings. The topological polar surface area (TPSA) is 80.9 Å². The first-order valence-corrected chi connectivity index (χ1v) is 8.36. The van der Waals surface area contributed by atoms with Gasteiger partial charge < -0.3 is 9.84 Å². The minimum atomic E-state index is -0.338. The number of hydrogen-bond acceptors (Lipinski definition) is 6. The number of rotatable bonds is 4. The molecule has 0 atom stereocenters. The van der Waals surface area contributed by atoms with Gasteiger partial charge in [0.2, 0.25) is 0 Å². The monoisotopic (exact) mass is 348 g/mol. The van der Waals surface area contributed by atoms with E-state index in [0.29, 0.717) is 11.4 Å². The van der Waals surface area contributed by atoms with Crippen LogP contribution in [0.5, 0.6) is 0 Å². The van der Waals surface area contributed by atoms with Crippen LogP contribution >= 0.6 is 11.3 Å². The van der Waals surface area contributed by atoms with Crippen LogP contribution in [-0.4, -0.2) is 21.0 Å². The lowest BCUT2D eigenvalue weighted by atomic mass is 10.2. The van der Waals surface area contributed by atoms with Gasteiger partial charge in [-0.1, -0.05) is 17.3 Å². The van der Waals surface area contributed by atoms with Gasteiger partial charge in [0.25, 0.3) is 5.91 Å². The number of thiazole rings is 1. The highest BCUT2D eigenvalue weighted by atomic mass is 32.1. The molecule has 0 unspecified atom stereocenters. The molecule has 0 spiro atoms. The quantitative estimate of drug-likeness (QED) is 0.600. The summed E-state index contributed by atoms with van der Waals surface area (Å²) in [5.74, 6) is 0.157. The zero-order valence-electron chi connectivity index (χ0n) is 12.9. The molecule has 0 aliphatic heterocycles. The van der Waals surface area contributed by atoms with E-state index in [4.69, 9.17) is 4.52 Å². The number of pyridine rings is 1. The summed E-state index contributed by atoms with van der Waals surface area (Å²) in [6.45, 7) is 0. The molecule has 3 heterocycles. The lowest BCUT2D eigenvalue weighted by Crippen LogP contribution is -2.12. The largest absolute Gasteiger partial charge is 0.355 e. The van der Waals surface area contributed by atoms with Crippen molar-refractivity contribution in [3.8, 4) is 21.9 Å². The van der Waals surface area contributed by atoms with Crippen LogP contribution < -0.4 is 5.32 Å². The summed E-state index contributed by atoms with van der Waals surface area (Å²) in [6.07, 6.45) is 5.07. The van der Waals surface area contributed by atoms with Gasteiger partial charge in [-0.15, -0.1) is 11.3 Å². The Bertz CT molecular complexity index is 997. The molecular formula is C18H12N4O2S. The Kier molecular flexibility index (Phi) is 4.05. The first-order chi connectivity index (χ1) is 12.3. The number of nitrogens with zero attached hydrogens (tertiary/aromatic N) is 3. The number of hydrogen-bond donors (Lipinski definition) is 1. The predicted octanol–water partition coefficient (Wildman–Crippen LogP) is 4.11. The Hall–Kier alpha value is -3.32. The van der Waals surface area contributed by atoms with Crippen molar-refractivity contribution in [3.63, 3.8) is 0 Å². The molecule has 0 bridgehead atoms. The van der Waals surface area contributed by atoms with Gasteiger partial charge in [0.1, 0.15) is 5.01 Å². The number of aromatic nitrogens is 3. The third-order valence-electron chi connectivity index (χ3n) is 3.49. The molecule has 0 radical (unpaired) electrons. The number of benzene rings is 1. The van der Waals surface area contributed by atoms with Crippen LogP contribution in [0, 0.1) is 0 Å². The van der Waals surface area contributed by atoms with Crippen molar-refractivity contribution in [2.24, 2.45) is 0 Å². The Balaban J connectivity index is 1.53. The molecule has 1 N–H and O–H groups in total. The molecule has 3 aromatic heterocycles. The molecule has 1 aromatic carbocycles. The number of carbonyl (C=O) groups excluding carboxylic acids is 1. The normalized spacial score (nSPS) is 10.6. The Morgan fingerprint density at radius 3 is 2.80 bits per heavy atom. The van der Waals surface area contributed by atoms with Gasteiger partial charge in [0, 0.05) is 46.9 Å². The van der Waals surface area contributed by atoms with Crippen LogP contribution in [0.4, 0.5) is 5.69 Å². The van der Waals surface area contributed by atoms with E-state index < -0.39 is 0 Å². The van der Waals surface area contributed by atoms with E-state index in [1.54, 1.807) is 42.1 Å². The fourth-order valence-corrected chi connectivity index (χ4v) is 2.95. The zero-order valence-corrected chi connectivity index (χ0v) is 13.7. The van der Waals surface area contributed by atoms with Crippen LogP contribution in [0.15, 0.2) is 71.0 Å². The van der Waals surface area contributed by atoms with Crippen molar-refractivity contribution >= 4 is 22.9 Å². The van der Waals surface area contributed by atoms with Crippen LogP contribution in [-0.2, 0) is 0 Å². The third-order valence-corrected chi connectivity index (χ3v) is 4.31. The molecule has 0 saturated heterocycles. The van der Waals surface area contributed by atoms with E-state index >= 15 is 0 Å². The maximum atomic E-state index is 12.4. The Morgan fingerprint density at radius 1 is 1.08 bits per heavy atom. The lowest BCUT2D eigenvalue weighted by molar-refractivity contribution is 0.101. The van der Waals surface area contributed by atoms with Crippen molar-refractivity contribution in [2.75, 3.05) is 5.32 Å². The lowest BCUT2D eigenvalue weighted by Gasteiger charge is -2.04. The molecule has 122 valence electrons. The highest BCUT2D eigenvalue weighted by Gasteiger charge is 2.14. The predicted molar refractivity (Wildman–Crippen MR) is 95.2 cm³/mol. The zero-order chi connectivity index (χ0) is 17.1. The minimum absolute atomic E-state index is 0.207. The standard InChI is InChI=1S/C18H12N4O2S/c23-17(15-10-16(24-22-15)13-4-2-6-19-11-13)21-14-5-1-3-12(9-14)18-20-7-8-25-18/h1-11H,(H,21,23). The van der Waals surface area contributed by atoms with Gasteiger partial charge in [-0.25, -0.2) is 4.98 Å². The summed E-state index contributed by atoms with van der Waals surface area (Å²) < 4.78 is 5.23. The Labute approximate surface area is 147 Å². The van der Waals surface area contributed by atoms with Crippen molar-refractivity contribution in [1.82, 2.24) is 15.1 Å². The summed E-state index contributed by atoms with van der Waals surface area (Å²) in [5.41, 5.74) is 2.59. The average molecular weight is 348 g/mol. The van der Waals surface area contributed by atoms with Crippen LogP contribution in [0.25, 0.3) is 21.9 Å². The van der Waals surface area contributed by atoms with Crippen LogP contribution in [0.1, 0.15) is 10.5 Å². The molecule has 6 nitrogen and oxygen atoms in total. The number of nitrogens with one attached hydrogen (secondary N) is 1. The molecule has 0 saturated carbocycles. The summed E-state index contributed by atoms with van der Waals surface area (Å²) in [5, 5.41) is 9.47. The molecule has 1 amide bonds. The fourth-order valence-electron chi connectivity index (χ4n) is 2.32. The molecule has 4 rings (SSSR count). The SMILES string of the molecule is O=C(Nc1cccc(-c2nccs2)c1)c1cc(-c2cccnc2)on1. The summed E-state index contributed by atoms with van der Waals surface area (Å²) in [7, 11) is 0. The summed E-state index contributed by atoms with van der Waals surface area (Å²) in [4.78, 5) is 20.7. The Morgan fingerprint density at radius 2 is 2.00 bits per heavy atom. The van der Waals surface area contributed by atoms with E-state index in [9.17, 15) is 4.79 Å². The van der Waals surface area contributed by atoms with E-state index in [2.05, 4.69) is 20.4 Å². The molecular weight excluding hydrogens is 336 g/mol. The molecule has 25 heavy (non-hydrogen) atoms. The summed E-state index contributed by atoms with van der Waals surface area (Å²) >= 11 is 1.54. The second-order valence-corrected chi connectivity index (χ2v) is 6.08. The highest BCUT2D eigenvalue weighted by molar-refractivity contribution is 7.13. The van der Waals surface area contributed by atoms with Gasteiger partial charge in [0.05, 0.1) is 0 Å². The molecule has 7 heteroatoms. The second-order valence-electron chi connectivity index (χ2n) is 5.19. The van der Waals surface area contributed by atoms with E-state index in [1.807, 2.05) is 35.7 Å². The first kappa shape index (κ1) is 15.2. The van der Waals surface area contributed by atoms with Crippen molar-refractivity contribution in [1.29, 1.82) is 0 Å². The number of amides is 1. The van der Waals surface area contributed by atoms with Gasteiger partial charge in [-0.05, 0) is 24.3 Å². The minimum Gasteiger partial charge on any atom is -0.355 e. The van der Waals surface area contributed by atoms with Crippen molar-refractivity contribution in [3.05, 3.63) is 72.1 Å².